The van der Waals surface area contributed by atoms with Crippen molar-refractivity contribution in [2.24, 2.45) is 7.05 Å². The van der Waals surface area contributed by atoms with Crippen molar-refractivity contribution >= 4 is 23.5 Å². The number of rotatable bonds is 11. The Balaban J connectivity index is 1.68. The zero-order valence-corrected chi connectivity index (χ0v) is 20.5. The normalized spacial score (nSPS) is 10.6. The number of benzene rings is 2. The number of nitrogens with zero attached hydrogens (tertiary/aromatic N) is 1. The van der Waals surface area contributed by atoms with E-state index in [1.807, 2.05) is 54.9 Å². The van der Waals surface area contributed by atoms with E-state index in [1.165, 1.54) is 0 Å². The third kappa shape index (κ3) is 7.06. The summed E-state index contributed by atoms with van der Waals surface area (Å²) in [6, 6.07) is 18.1. The van der Waals surface area contributed by atoms with Crippen LogP contribution in [-0.4, -0.2) is 29.0 Å². The van der Waals surface area contributed by atoms with Gasteiger partial charge in [-0.05, 0) is 49.9 Å². The Kier molecular flexibility index (Phi) is 9.23. The summed E-state index contributed by atoms with van der Waals surface area (Å²) in [5, 5.41) is 2.69. The zero-order chi connectivity index (χ0) is 25.2. The van der Waals surface area contributed by atoms with Crippen LogP contribution in [-0.2, 0) is 40.8 Å². The molecule has 2 aromatic carbocycles. The maximum atomic E-state index is 13.4. The van der Waals surface area contributed by atoms with E-state index in [1.54, 1.807) is 31.2 Å². The van der Waals surface area contributed by atoms with E-state index in [0.717, 1.165) is 17.0 Å². The Morgan fingerprint density at radius 3 is 2.43 bits per heavy atom. The Bertz CT molecular complexity index is 1170. The lowest BCUT2D eigenvalue weighted by atomic mass is 10.0. The second-order valence-electron chi connectivity index (χ2n) is 8.16. The molecule has 0 aliphatic carbocycles. The number of ketones is 1. The molecule has 0 radical (unpaired) electrons. The quantitative estimate of drug-likeness (QED) is 0.294. The first-order valence-electron chi connectivity index (χ1n) is 11.9. The minimum atomic E-state index is -0.587. The summed E-state index contributed by atoms with van der Waals surface area (Å²) in [4.78, 5) is 37.2. The van der Waals surface area contributed by atoms with Crippen molar-refractivity contribution < 1.29 is 23.9 Å². The molecule has 1 heterocycles. The molecule has 35 heavy (non-hydrogen) atoms. The van der Waals surface area contributed by atoms with Gasteiger partial charge in [-0.25, -0.2) is 4.79 Å². The second kappa shape index (κ2) is 12.6. The number of ether oxygens (including phenoxy) is 2. The number of esters is 1. The van der Waals surface area contributed by atoms with Crippen molar-refractivity contribution in [2.45, 2.75) is 46.1 Å². The van der Waals surface area contributed by atoms with Crippen LogP contribution in [0.4, 0.5) is 10.5 Å². The summed E-state index contributed by atoms with van der Waals surface area (Å²) in [5.41, 5.74) is 4.41. The molecule has 0 aliphatic heterocycles. The molecule has 0 bridgehead atoms. The predicted molar refractivity (Wildman–Crippen MR) is 134 cm³/mol. The number of hydrogen-bond donors (Lipinski definition) is 1. The molecule has 1 N–H and O–H groups in total. The molecule has 0 atom stereocenters. The standard InChI is InChI=1S/C28H32N2O5/c1-4-25-24(18-23(30(25)3)15-10-16-26(31)34-5-2)27(32)21-13-9-14-22(17-21)29-28(33)35-19-20-11-7-6-8-12-20/h6-9,11-14,17-18H,4-5,10,15-16,19H2,1-3H3,(H,29,33). The zero-order valence-electron chi connectivity index (χ0n) is 20.5. The van der Waals surface area contributed by atoms with Gasteiger partial charge in [-0.2, -0.15) is 0 Å². The highest BCUT2D eigenvalue weighted by Gasteiger charge is 2.19. The lowest BCUT2D eigenvalue weighted by Crippen LogP contribution is -2.14. The van der Waals surface area contributed by atoms with Crippen LogP contribution in [0.3, 0.4) is 0 Å². The first-order chi connectivity index (χ1) is 16.9. The van der Waals surface area contributed by atoms with Crippen LogP contribution >= 0.6 is 0 Å². The van der Waals surface area contributed by atoms with E-state index in [-0.39, 0.29) is 18.4 Å². The second-order valence-corrected chi connectivity index (χ2v) is 8.16. The topological polar surface area (TPSA) is 86.6 Å². The summed E-state index contributed by atoms with van der Waals surface area (Å²) < 4.78 is 12.3. The predicted octanol–water partition coefficient (Wildman–Crippen LogP) is 5.45. The molecule has 0 spiro atoms. The number of anilines is 1. The van der Waals surface area contributed by atoms with Gasteiger partial charge in [-0.15, -0.1) is 0 Å². The van der Waals surface area contributed by atoms with Crippen LogP contribution < -0.4 is 5.32 Å². The van der Waals surface area contributed by atoms with E-state index in [2.05, 4.69) is 5.32 Å². The van der Waals surface area contributed by atoms with E-state index >= 15 is 0 Å². The average Bonchev–Trinajstić information content (AvgIpc) is 3.18. The summed E-state index contributed by atoms with van der Waals surface area (Å²) in [5.74, 6) is -0.323. The Morgan fingerprint density at radius 1 is 0.943 bits per heavy atom. The van der Waals surface area contributed by atoms with Gasteiger partial charge < -0.3 is 14.0 Å². The lowest BCUT2D eigenvalue weighted by Gasteiger charge is -2.09. The Morgan fingerprint density at radius 2 is 1.71 bits per heavy atom. The maximum Gasteiger partial charge on any atom is 0.411 e. The molecule has 0 unspecified atom stereocenters. The number of carbonyl (C=O) groups is 3. The summed E-state index contributed by atoms with van der Waals surface area (Å²) in [7, 11) is 1.94. The molecule has 3 rings (SSSR count). The van der Waals surface area contributed by atoms with Crippen LogP contribution in [0.5, 0.6) is 0 Å². The fourth-order valence-corrected chi connectivity index (χ4v) is 3.98. The number of carbonyl (C=O) groups excluding carboxylic acids is 3. The first-order valence-corrected chi connectivity index (χ1v) is 11.9. The van der Waals surface area contributed by atoms with E-state index < -0.39 is 6.09 Å². The highest BCUT2D eigenvalue weighted by molar-refractivity contribution is 6.10. The number of nitrogens with one attached hydrogen (secondary N) is 1. The van der Waals surface area contributed by atoms with Crippen LogP contribution in [0.2, 0.25) is 0 Å². The molecule has 7 heteroatoms. The maximum absolute atomic E-state index is 13.4. The van der Waals surface area contributed by atoms with E-state index in [9.17, 15) is 14.4 Å². The van der Waals surface area contributed by atoms with Crippen molar-refractivity contribution in [1.29, 1.82) is 0 Å². The molecule has 3 aromatic rings. The summed E-state index contributed by atoms with van der Waals surface area (Å²) in [6.07, 6.45) is 1.77. The Labute approximate surface area is 206 Å². The number of aromatic nitrogens is 1. The van der Waals surface area contributed by atoms with Crippen LogP contribution in [0.1, 0.15) is 59.6 Å². The SMILES string of the molecule is CCOC(=O)CCCc1cc(C(=O)c2cccc(NC(=O)OCc3ccccc3)c2)c(CC)n1C. The highest BCUT2D eigenvalue weighted by Crippen LogP contribution is 2.23. The first kappa shape index (κ1) is 25.7. The van der Waals surface area contributed by atoms with Crippen LogP contribution in [0.25, 0.3) is 0 Å². The lowest BCUT2D eigenvalue weighted by molar-refractivity contribution is -0.143. The van der Waals surface area contributed by atoms with Gasteiger partial charge in [0.1, 0.15) is 6.61 Å². The van der Waals surface area contributed by atoms with E-state index in [4.69, 9.17) is 9.47 Å². The summed E-state index contributed by atoms with van der Waals surface area (Å²) in [6.45, 7) is 4.34. The Hall–Kier alpha value is -3.87. The largest absolute Gasteiger partial charge is 0.466 e. The van der Waals surface area contributed by atoms with Crippen LogP contribution in [0, 0.1) is 0 Å². The molecule has 0 saturated heterocycles. The average molecular weight is 477 g/mol. The third-order valence-corrected chi connectivity index (χ3v) is 5.74. The molecule has 7 nitrogen and oxygen atoms in total. The van der Waals surface area contributed by atoms with Crippen molar-refractivity contribution in [3.05, 3.63) is 88.7 Å². The number of hydrogen-bond acceptors (Lipinski definition) is 5. The molecule has 0 fully saturated rings. The third-order valence-electron chi connectivity index (χ3n) is 5.74. The van der Waals surface area contributed by atoms with Crippen molar-refractivity contribution in [1.82, 2.24) is 4.57 Å². The van der Waals surface area contributed by atoms with Gasteiger partial charge in [0.2, 0.25) is 0 Å². The van der Waals surface area contributed by atoms with Crippen molar-refractivity contribution in [2.75, 3.05) is 11.9 Å². The van der Waals surface area contributed by atoms with E-state index in [0.29, 0.717) is 49.1 Å². The van der Waals surface area contributed by atoms with Gasteiger partial charge in [0.05, 0.1) is 6.61 Å². The van der Waals surface area contributed by atoms with Gasteiger partial charge in [-0.1, -0.05) is 49.4 Å². The van der Waals surface area contributed by atoms with Gasteiger partial charge in [-0.3, -0.25) is 14.9 Å². The van der Waals surface area contributed by atoms with Gasteiger partial charge in [0.25, 0.3) is 0 Å². The summed E-state index contributed by atoms with van der Waals surface area (Å²) >= 11 is 0. The molecular formula is C28H32N2O5. The minimum Gasteiger partial charge on any atom is -0.466 e. The molecule has 0 aliphatic rings. The van der Waals surface area contributed by atoms with Gasteiger partial charge in [0.15, 0.2) is 5.78 Å². The molecular weight excluding hydrogens is 444 g/mol. The van der Waals surface area contributed by atoms with Crippen molar-refractivity contribution in [3.8, 4) is 0 Å². The molecule has 184 valence electrons. The van der Waals surface area contributed by atoms with Crippen LogP contribution in [0.15, 0.2) is 60.7 Å². The smallest absolute Gasteiger partial charge is 0.411 e. The monoisotopic (exact) mass is 476 g/mol. The molecule has 0 saturated carbocycles. The highest BCUT2D eigenvalue weighted by atomic mass is 16.5. The molecule has 1 amide bonds. The molecule has 1 aromatic heterocycles. The van der Waals surface area contributed by atoms with Gasteiger partial charge in [0, 0.05) is 41.7 Å². The van der Waals surface area contributed by atoms with Crippen molar-refractivity contribution in [3.63, 3.8) is 0 Å². The van der Waals surface area contributed by atoms with Gasteiger partial charge >= 0.3 is 12.1 Å². The fourth-order valence-electron chi connectivity index (χ4n) is 3.98. The fraction of sp³-hybridized carbons (Fsp3) is 0.321. The minimum absolute atomic E-state index is 0.115. The number of amides is 1. The number of aryl methyl sites for hydroxylation is 1.